The fourth-order valence-electron chi connectivity index (χ4n) is 1.95. The number of pyridine rings is 1. The number of halogens is 1. The van der Waals surface area contributed by atoms with Crippen molar-refractivity contribution in [2.24, 2.45) is 0 Å². The van der Waals surface area contributed by atoms with Crippen LogP contribution in [0.4, 0.5) is 0 Å². The van der Waals surface area contributed by atoms with Crippen LogP contribution in [0.25, 0.3) is 0 Å². The number of hydrogen-bond acceptors (Lipinski definition) is 3. The molecule has 0 aliphatic rings. The molecule has 0 aliphatic carbocycles. The van der Waals surface area contributed by atoms with Gasteiger partial charge in [-0.1, -0.05) is 23.7 Å². The van der Waals surface area contributed by atoms with E-state index in [9.17, 15) is 4.79 Å². The second-order valence-electron chi connectivity index (χ2n) is 4.77. The van der Waals surface area contributed by atoms with E-state index in [4.69, 9.17) is 16.3 Å². The SMILES string of the molecule is CC(Oc1cccc(Cl)c1)C(=O)N(C)Cc1cccnc1. The van der Waals surface area contributed by atoms with Crippen LogP contribution in [0.15, 0.2) is 48.8 Å². The lowest BCUT2D eigenvalue weighted by Gasteiger charge is -2.22. The second kappa shape index (κ2) is 7.09. The molecule has 0 fully saturated rings. The van der Waals surface area contributed by atoms with Gasteiger partial charge in [-0.3, -0.25) is 9.78 Å². The lowest BCUT2D eigenvalue weighted by atomic mass is 10.2. The highest BCUT2D eigenvalue weighted by Gasteiger charge is 2.19. The highest BCUT2D eigenvalue weighted by molar-refractivity contribution is 6.30. The zero-order valence-electron chi connectivity index (χ0n) is 12.0. The summed E-state index contributed by atoms with van der Waals surface area (Å²) in [5.74, 6) is 0.483. The molecule has 1 amide bonds. The zero-order valence-corrected chi connectivity index (χ0v) is 12.7. The van der Waals surface area contributed by atoms with Gasteiger partial charge in [0, 0.05) is 31.0 Å². The first-order valence-electron chi connectivity index (χ1n) is 6.62. The molecule has 2 aromatic rings. The minimum Gasteiger partial charge on any atom is -0.481 e. The number of carbonyl (C=O) groups is 1. The second-order valence-corrected chi connectivity index (χ2v) is 5.21. The molecule has 5 heteroatoms. The average molecular weight is 305 g/mol. The molecular weight excluding hydrogens is 288 g/mol. The Kier molecular flexibility index (Phi) is 5.17. The summed E-state index contributed by atoms with van der Waals surface area (Å²) in [7, 11) is 1.74. The van der Waals surface area contributed by atoms with Gasteiger partial charge in [0.15, 0.2) is 6.10 Å². The largest absolute Gasteiger partial charge is 0.481 e. The number of aromatic nitrogens is 1. The van der Waals surface area contributed by atoms with E-state index in [1.807, 2.05) is 12.1 Å². The molecule has 0 spiro atoms. The van der Waals surface area contributed by atoms with E-state index in [0.29, 0.717) is 17.3 Å². The monoisotopic (exact) mass is 304 g/mol. The summed E-state index contributed by atoms with van der Waals surface area (Å²) >= 11 is 5.90. The number of likely N-dealkylation sites (N-methyl/N-ethyl adjacent to an activating group) is 1. The Hall–Kier alpha value is -2.07. The van der Waals surface area contributed by atoms with Crippen LogP contribution in [-0.2, 0) is 11.3 Å². The fourth-order valence-corrected chi connectivity index (χ4v) is 2.13. The van der Waals surface area contributed by atoms with Crippen LogP contribution in [-0.4, -0.2) is 28.9 Å². The molecule has 1 aromatic carbocycles. The third kappa shape index (κ3) is 4.46. The lowest BCUT2D eigenvalue weighted by molar-refractivity contribution is -0.137. The number of ether oxygens (including phenoxy) is 1. The summed E-state index contributed by atoms with van der Waals surface area (Å²) in [4.78, 5) is 17.9. The maximum absolute atomic E-state index is 12.3. The zero-order chi connectivity index (χ0) is 15.2. The quantitative estimate of drug-likeness (QED) is 0.852. The summed E-state index contributed by atoms with van der Waals surface area (Å²) in [6, 6.07) is 10.8. The van der Waals surface area contributed by atoms with Gasteiger partial charge in [-0.05, 0) is 36.8 Å². The molecule has 2 rings (SSSR count). The van der Waals surface area contributed by atoms with E-state index >= 15 is 0 Å². The van der Waals surface area contributed by atoms with Crippen molar-refractivity contribution in [2.45, 2.75) is 19.6 Å². The van der Waals surface area contributed by atoms with Crippen molar-refractivity contribution in [1.82, 2.24) is 9.88 Å². The Morgan fingerprint density at radius 1 is 1.38 bits per heavy atom. The minimum absolute atomic E-state index is 0.0983. The molecule has 4 nitrogen and oxygen atoms in total. The van der Waals surface area contributed by atoms with E-state index in [1.54, 1.807) is 55.5 Å². The van der Waals surface area contributed by atoms with Crippen LogP contribution in [0, 0.1) is 0 Å². The Bertz CT molecular complexity index is 604. The third-order valence-corrected chi connectivity index (χ3v) is 3.21. The van der Waals surface area contributed by atoms with Crippen molar-refractivity contribution in [1.29, 1.82) is 0 Å². The topological polar surface area (TPSA) is 42.4 Å². The first-order chi connectivity index (χ1) is 10.1. The predicted molar refractivity (Wildman–Crippen MR) is 82.3 cm³/mol. The Morgan fingerprint density at radius 3 is 2.86 bits per heavy atom. The smallest absolute Gasteiger partial charge is 0.263 e. The number of nitrogens with zero attached hydrogens (tertiary/aromatic N) is 2. The van der Waals surface area contributed by atoms with E-state index < -0.39 is 6.10 Å². The summed E-state index contributed by atoms with van der Waals surface area (Å²) in [6.45, 7) is 2.22. The maximum atomic E-state index is 12.3. The van der Waals surface area contributed by atoms with Gasteiger partial charge in [0.2, 0.25) is 0 Å². The van der Waals surface area contributed by atoms with E-state index in [2.05, 4.69) is 4.98 Å². The fraction of sp³-hybridized carbons (Fsp3) is 0.250. The van der Waals surface area contributed by atoms with Crippen LogP contribution < -0.4 is 4.74 Å². The van der Waals surface area contributed by atoms with E-state index in [-0.39, 0.29) is 5.91 Å². The molecule has 110 valence electrons. The molecule has 1 unspecified atom stereocenters. The standard InChI is InChI=1S/C16H17ClN2O2/c1-12(21-15-7-3-6-14(17)9-15)16(20)19(2)11-13-5-4-8-18-10-13/h3-10,12H,11H2,1-2H3. The minimum atomic E-state index is -0.579. The molecule has 0 N–H and O–H groups in total. The average Bonchev–Trinajstić information content (AvgIpc) is 2.47. The van der Waals surface area contributed by atoms with Gasteiger partial charge in [-0.15, -0.1) is 0 Å². The Morgan fingerprint density at radius 2 is 2.19 bits per heavy atom. The summed E-state index contributed by atoms with van der Waals surface area (Å²) in [5.41, 5.74) is 0.975. The van der Waals surface area contributed by atoms with Crippen LogP contribution >= 0.6 is 11.6 Å². The van der Waals surface area contributed by atoms with Crippen LogP contribution in [0.5, 0.6) is 5.75 Å². The first kappa shape index (κ1) is 15.3. The Labute approximate surface area is 129 Å². The molecular formula is C16H17ClN2O2. The molecule has 21 heavy (non-hydrogen) atoms. The molecule has 1 aromatic heterocycles. The van der Waals surface area contributed by atoms with Crippen molar-refractivity contribution in [3.8, 4) is 5.75 Å². The van der Waals surface area contributed by atoms with Crippen molar-refractivity contribution >= 4 is 17.5 Å². The number of amides is 1. The molecule has 0 saturated carbocycles. The predicted octanol–water partition coefficient (Wildman–Crippen LogP) is 3.16. The lowest BCUT2D eigenvalue weighted by Crippen LogP contribution is -2.37. The normalized spacial score (nSPS) is 11.8. The van der Waals surface area contributed by atoms with Crippen LogP contribution in [0.2, 0.25) is 5.02 Å². The van der Waals surface area contributed by atoms with E-state index in [0.717, 1.165) is 5.56 Å². The van der Waals surface area contributed by atoms with Gasteiger partial charge < -0.3 is 9.64 Å². The van der Waals surface area contributed by atoms with E-state index in [1.165, 1.54) is 0 Å². The van der Waals surface area contributed by atoms with Gasteiger partial charge in [-0.25, -0.2) is 0 Å². The summed E-state index contributed by atoms with van der Waals surface area (Å²) < 4.78 is 5.62. The molecule has 0 saturated heterocycles. The van der Waals surface area contributed by atoms with Gasteiger partial charge in [-0.2, -0.15) is 0 Å². The maximum Gasteiger partial charge on any atom is 0.263 e. The van der Waals surface area contributed by atoms with Gasteiger partial charge in [0.1, 0.15) is 5.75 Å². The van der Waals surface area contributed by atoms with Crippen molar-refractivity contribution in [3.05, 3.63) is 59.4 Å². The molecule has 0 aliphatic heterocycles. The number of carbonyl (C=O) groups excluding carboxylic acids is 1. The van der Waals surface area contributed by atoms with Gasteiger partial charge >= 0.3 is 0 Å². The molecule has 0 radical (unpaired) electrons. The highest BCUT2D eigenvalue weighted by Crippen LogP contribution is 2.19. The third-order valence-electron chi connectivity index (χ3n) is 2.98. The number of benzene rings is 1. The number of rotatable bonds is 5. The molecule has 1 atom stereocenters. The van der Waals surface area contributed by atoms with Crippen LogP contribution in [0.3, 0.4) is 0 Å². The highest BCUT2D eigenvalue weighted by atomic mass is 35.5. The summed E-state index contributed by atoms with van der Waals surface area (Å²) in [6.07, 6.45) is 2.87. The van der Waals surface area contributed by atoms with Crippen molar-refractivity contribution in [2.75, 3.05) is 7.05 Å². The van der Waals surface area contributed by atoms with Gasteiger partial charge in [0.25, 0.3) is 5.91 Å². The molecule has 1 heterocycles. The Balaban J connectivity index is 1.95. The number of hydrogen-bond donors (Lipinski definition) is 0. The van der Waals surface area contributed by atoms with Crippen molar-refractivity contribution in [3.63, 3.8) is 0 Å². The van der Waals surface area contributed by atoms with Crippen molar-refractivity contribution < 1.29 is 9.53 Å². The van der Waals surface area contributed by atoms with Gasteiger partial charge in [0.05, 0.1) is 0 Å². The molecule has 0 bridgehead atoms. The first-order valence-corrected chi connectivity index (χ1v) is 7.00. The summed E-state index contributed by atoms with van der Waals surface area (Å²) in [5, 5.41) is 0.580. The van der Waals surface area contributed by atoms with Crippen LogP contribution in [0.1, 0.15) is 12.5 Å².